The first kappa shape index (κ1) is 25.0. The smallest absolute Gasteiger partial charge is 0.227 e. The maximum Gasteiger partial charge on any atom is 0.227 e. The van der Waals surface area contributed by atoms with Crippen molar-refractivity contribution in [3.8, 4) is 17.6 Å². The van der Waals surface area contributed by atoms with Crippen molar-refractivity contribution in [2.24, 2.45) is 0 Å². The van der Waals surface area contributed by atoms with Gasteiger partial charge in [-0.1, -0.05) is 18.8 Å². The van der Waals surface area contributed by atoms with E-state index in [4.69, 9.17) is 14.7 Å². The van der Waals surface area contributed by atoms with Crippen molar-refractivity contribution < 1.29 is 9.13 Å². The van der Waals surface area contributed by atoms with E-state index in [1.807, 2.05) is 12.1 Å². The minimum atomic E-state index is -0.690. The number of anilines is 2. The molecule has 1 aromatic heterocycles. The summed E-state index contributed by atoms with van der Waals surface area (Å²) in [7, 11) is 1.69. The van der Waals surface area contributed by atoms with Gasteiger partial charge in [0, 0.05) is 63.7 Å². The summed E-state index contributed by atoms with van der Waals surface area (Å²) in [4.78, 5) is 16.9. The summed E-state index contributed by atoms with van der Waals surface area (Å²) in [5, 5.41) is 4.73. The van der Waals surface area contributed by atoms with Crippen molar-refractivity contribution in [1.29, 1.82) is 0 Å². The predicted octanol–water partition coefficient (Wildman–Crippen LogP) is 3.92. The zero-order chi connectivity index (χ0) is 24.9. The van der Waals surface area contributed by atoms with Crippen molar-refractivity contribution in [3.63, 3.8) is 0 Å². The van der Waals surface area contributed by atoms with E-state index < -0.39 is 6.17 Å². The molecule has 1 atom stereocenters. The molecule has 1 aromatic carbocycles. The van der Waals surface area contributed by atoms with E-state index in [1.165, 1.54) is 12.8 Å². The van der Waals surface area contributed by atoms with Crippen LogP contribution in [0.3, 0.4) is 0 Å². The minimum Gasteiger partial charge on any atom is -0.495 e. The van der Waals surface area contributed by atoms with Crippen LogP contribution in [0.2, 0.25) is 0 Å². The van der Waals surface area contributed by atoms with Crippen LogP contribution in [0.25, 0.3) is 10.9 Å². The molecular weight excluding hydrogens is 455 g/mol. The molecular formula is C28H39FN6O. The Morgan fingerprint density at radius 2 is 1.83 bits per heavy atom. The van der Waals surface area contributed by atoms with Crippen LogP contribution in [0, 0.1) is 11.8 Å². The highest BCUT2D eigenvalue weighted by Gasteiger charge is 2.23. The fourth-order valence-electron chi connectivity index (χ4n) is 5.53. The lowest BCUT2D eigenvalue weighted by molar-refractivity contribution is 0.229. The Labute approximate surface area is 214 Å². The zero-order valence-corrected chi connectivity index (χ0v) is 21.7. The van der Waals surface area contributed by atoms with Crippen LogP contribution in [0.1, 0.15) is 51.0 Å². The van der Waals surface area contributed by atoms with Crippen LogP contribution < -0.4 is 15.0 Å². The van der Waals surface area contributed by atoms with Gasteiger partial charge < -0.3 is 19.9 Å². The molecule has 1 N–H and O–H groups in total. The Kier molecular flexibility index (Phi) is 8.08. The van der Waals surface area contributed by atoms with Gasteiger partial charge in [0.15, 0.2) is 0 Å². The molecule has 8 heteroatoms. The Hall–Kier alpha value is -2.63. The van der Waals surface area contributed by atoms with Gasteiger partial charge in [0.25, 0.3) is 0 Å². The van der Waals surface area contributed by atoms with E-state index in [0.29, 0.717) is 25.4 Å². The van der Waals surface area contributed by atoms with Gasteiger partial charge in [0.2, 0.25) is 5.95 Å². The number of alkyl halides is 1. The van der Waals surface area contributed by atoms with Crippen molar-refractivity contribution in [3.05, 3.63) is 17.7 Å². The molecule has 4 heterocycles. The van der Waals surface area contributed by atoms with Gasteiger partial charge in [-0.15, -0.1) is 0 Å². The molecule has 0 unspecified atom stereocenters. The fourth-order valence-corrected chi connectivity index (χ4v) is 5.53. The second-order valence-corrected chi connectivity index (χ2v) is 10.2. The number of hydrogen-bond acceptors (Lipinski definition) is 7. The summed E-state index contributed by atoms with van der Waals surface area (Å²) < 4.78 is 19.2. The lowest BCUT2D eigenvalue weighted by Crippen LogP contribution is -2.39. The predicted molar refractivity (Wildman–Crippen MR) is 144 cm³/mol. The minimum absolute atomic E-state index is 0.400. The number of ether oxygens (including phenoxy) is 1. The monoisotopic (exact) mass is 494 g/mol. The third-order valence-corrected chi connectivity index (χ3v) is 7.76. The number of nitrogens with zero attached hydrogens (tertiary/aromatic N) is 5. The summed E-state index contributed by atoms with van der Waals surface area (Å²) in [5.41, 5.74) is 1.73. The van der Waals surface area contributed by atoms with Gasteiger partial charge in [-0.3, -0.25) is 4.90 Å². The number of aromatic nitrogens is 2. The first-order chi connectivity index (χ1) is 17.6. The average Bonchev–Trinajstić information content (AvgIpc) is 3.58. The van der Waals surface area contributed by atoms with Gasteiger partial charge in [-0.05, 0) is 50.8 Å². The summed E-state index contributed by atoms with van der Waals surface area (Å²) in [6.45, 7) is 9.72. The van der Waals surface area contributed by atoms with Crippen molar-refractivity contribution in [2.45, 2.75) is 57.7 Å². The van der Waals surface area contributed by atoms with Crippen LogP contribution in [-0.4, -0.2) is 91.4 Å². The van der Waals surface area contributed by atoms with Crippen LogP contribution in [0.5, 0.6) is 5.75 Å². The number of hydrogen-bond donors (Lipinski definition) is 1. The molecule has 0 bridgehead atoms. The summed E-state index contributed by atoms with van der Waals surface area (Å²) in [6, 6.07) is 4.48. The Morgan fingerprint density at radius 1 is 1.06 bits per heavy atom. The van der Waals surface area contributed by atoms with Gasteiger partial charge in [-0.25, -0.2) is 9.37 Å². The number of fused-ring (bicyclic) bond motifs is 1. The molecule has 7 nitrogen and oxygen atoms in total. The Morgan fingerprint density at radius 3 is 2.53 bits per heavy atom. The van der Waals surface area contributed by atoms with Gasteiger partial charge in [0.1, 0.15) is 17.7 Å². The van der Waals surface area contributed by atoms with E-state index in [-0.39, 0.29) is 0 Å². The molecule has 3 fully saturated rings. The molecule has 0 radical (unpaired) electrons. The normalized spacial score (nSPS) is 21.6. The van der Waals surface area contributed by atoms with Crippen LogP contribution >= 0.6 is 0 Å². The maximum absolute atomic E-state index is 13.4. The number of likely N-dealkylation sites (tertiary alicyclic amines) is 2. The molecule has 3 saturated heterocycles. The van der Waals surface area contributed by atoms with Crippen molar-refractivity contribution in [1.82, 2.24) is 19.8 Å². The van der Waals surface area contributed by atoms with E-state index in [2.05, 4.69) is 38.8 Å². The summed E-state index contributed by atoms with van der Waals surface area (Å²) in [5.74, 6) is 9.00. The number of methoxy groups -OCH3 is 1. The highest BCUT2D eigenvalue weighted by molar-refractivity contribution is 5.93. The maximum atomic E-state index is 13.4. The lowest BCUT2D eigenvalue weighted by atomic mass is 10.0. The standard InChI is InChI=1S/C28H39FN6O/c1-3-33-16-10-23(11-17-33)30-27-24-19-26(36-2)21(8-4-5-12-34-15-9-22(29)20-34)18-25(24)31-28(32-27)35-13-6-7-14-35/h18-19,22-23H,3,5-7,9-17,20H2,1-2H3,(H,30,31,32)/t22-/m0/s1. The summed E-state index contributed by atoms with van der Waals surface area (Å²) in [6.07, 6.45) is 5.24. The largest absolute Gasteiger partial charge is 0.495 e. The average molecular weight is 495 g/mol. The number of halogens is 1. The molecule has 194 valence electrons. The fraction of sp³-hybridized carbons (Fsp3) is 0.643. The van der Waals surface area contributed by atoms with E-state index in [9.17, 15) is 4.39 Å². The van der Waals surface area contributed by atoms with Gasteiger partial charge in [-0.2, -0.15) is 4.98 Å². The van der Waals surface area contributed by atoms with Gasteiger partial charge in [0.05, 0.1) is 18.2 Å². The molecule has 0 spiro atoms. The molecule has 3 aliphatic rings. The van der Waals surface area contributed by atoms with E-state index >= 15 is 0 Å². The first-order valence-electron chi connectivity index (χ1n) is 13.6. The molecule has 0 amide bonds. The molecule has 2 aromatic rings. The van der Waals surface area contributed by atoms with Gasteiger partial charge >= 0.3 is 0 Å². The quantitative estimate of drug-likeness (QED) is 0.586. The second-order valence-electron chi connectivity index (χ2n) is 10.2. The highest BCUT2D eigenvalue weighted by Crippen LogP contribution is 2.32. The van der Waals surface area contributed by atoms with Crippen LogP contribution in [-0.2, 0) is 0 Å². The van der Waals surface area contributed by atoms with E-state index in [0.717, 1.165) is 92.6 Å². The summed E-state index contributed by atoms with van der Waals surface area (Å²) >= 11 is 0. The number of rotatable bonds is 7. The van der Waals surface area contributed by atoms with Crippen LogP contribution in [0.15, 0.2) is 12.1 Å². The number of benzene rings is 1. The Balaban J connectivity index is 1.41. The van der Waals surface area contributed by atoms with Crippen LogP contribution in [0.4, 0.5) is 16.2 Å². The molecule has 36 heavy (non-hydrogen) atoms. The van der Waals surface area contributed by atoms with Crippen molar-refractivity contribution in [2.75, 3.05) is 69.7 Å². The first-order valence-corrected chi connectivity index (χ1v) is 13.6. The molecule has 0 saturated carbocycles. The van der Waals surface area contributed by atoms with E-state index in [1.54, 1.807) is 7.11 Å². The highest BCUT2D eigenvalue weighted by atomic mass is 19.1. The third kappa shape index (κ3) is 5.84. The third-order valence-electron chi connectivity index (χ3n) is 7.76. The lowest BCUT2D eigenvalue weighted by Gasteiger charge is -2.32. The number of nitrogens with one attached hydrogen (secondary N) is 1. The zero-order valence-electron chi connectivity index (χ0n) is 21.7. The topological polar surface area (TPSA) is 56.8 Å². The Bertz CT molecular complexity index is 1100. The second kappa shape index (κ2) is 11.6. The molecule has 3 aliphatic heterocycles. The van der Waals surface area contributed by atoms with Crippen molar-refractivity contribution >= 4 is 22.7 Å². The number of piperidine rings is 1. The molecule has 0 aliphatic carbocycles. The molecule has 5 rings (SSSR count). The SMILES string of the molecule is CCN1CCC(Nc2nc(N3CCCC3)nc3cc(C#CCCN4CC[C@H](F)C4)c(OC)cc23)CC1.